The lowest BCUT2D eigenvalue weighted by Gasteiger charge is -2.14. The maximum absolute atomic E-state index is 12.7. The molecule has 0 radical (unpaired) electrons. The molecular weight excluding hydrogens is 480 g/mol. The van der Waals surface area contributed by atoms with Crippen LogP contribution in [0.3, 0.4) is 0 Å². The molecule has 1 saturated heterocycles. The highest BCUT2D eigenvalue weighted by Gasteiger charge is 2.31. The number of hydrogen-bond acceptors (Lipinski definition) is 4. The standard InChI is InChI=1S/C23H23BrN2O2S2/c1-16-6-5-7-19(14-16)25-21(27)8-3-2-4-13-26-22(28)20(30-23(26)29)15-17-9-11-18(24)12-10-17/h5-7,9-12,14-15H,2-4,8,13H2,1H3,(H,25,27)/b20-15-. The van der Waals surface area contributed by atoms with E-state index in [0.717, 1.165) is 40.5 Å². The predicted molar refractivity (Wildman–Crippen MR) is 132 cm³/mol. The average molecular weight is 503 g/mol. The van der Waals surface area contributed by atoms with Gasteiger partial charge in [-0.2, -0.15) is 0 Å². The Morgan fingerprint density at radius 2 is 1.93 bits per heavy atom. The van der Waals surface area contributed by atoms with Crippen molar-refractivity contribution < 1.29 is 9.59 Å². The van der Waals surface area contributed by atoms with Crippen LogP contribution in [0.25, 0.3) is 6.08 Å². The Balaban J connectivity index is 1.41. The van der Waals surface area contributed by atoms with Gasteiger partial charge in [0.1, 0.15) is 4.32 Å². The first-order valence-corrected chi connectivity index (χ1v) is 11.8. The molecule has 156 valence electrons. The highest BCUT2D eigenvalue weighted by molar-refractivity contribution is 9.10. The maximum atomic E-state index is 12.7. The van der Waals surface area contributed by atoms with Crippen LogP contribution in [0.1, 0.15) is 36.8 Å². The first kappa shape index (κ1) is 22.7. The van der Waals surface area contributed by atoms with Crippen molar-refractivity contribution in [3.05, 3.63) is 69.0 Å². The fourth-order valence-corrected chi connectivity index (χ4v) is 4.65. The summed E-state index contributed by atoms with van der Waals surface area (Å²) in [5, 5.41) is 2.92. The summed E-state index contributed by atoms with van der Waals surface area (Å²) in [5.74, 6) is -0.0197. The van der Waals surface area contributed by atoms with Crippen molar-refractivity contribution in [2.45, 2.75) is 32.6 Å². The summed E-state index contributed by atoms with van der Waals surface area (Å²) < 4.78 is 1.60. The van der Waals surface area contributed by atoms with Crippen LogP contribution < -0.4 is 5.32 Å². The highest BCUT2D eigenvalue weighted by atomic mass is 79.9. The van der Waals surface area contributed by atoms with Crippen LogP contribution in [-0.4, -0.2) is 27.6 Å². The summed E-state index contributed by atoms with van der Waals surface area (Å²) in [6.45, 7) is 2.58. The van der Waals surface area contributed by atoms with Crippen molar-refractivity contribution in [1.82, 2.24) is 4.90 Å². The lowest BCUT2D eigenvalue weighted by atomic mass is 10.1. The van der Waals surface area contributed by atoms with Crippen molar-refractivity contribution in [2.75, 3.05) is 11.9 Å². The highest BCUT2D eigenvalue weighted by Crippen LogP contribution is 2.33. The van der Waals surface area contributed by atoms with E-state index in [-0.39, 0.29) is 11.8 Å². The van der Waals surface area contributed by atoms with Crippen molar-refractivity contribution in [3.8, 4) is 0 Å². The molecule has 30 heavy (non-hydrogen) atoms. The van der Waals surface area contributed by atoms with E-state index in [9.17, 15) is 9.59 Å². The second-order valence-electron chi connectivity index (χ2n) is 7.11. The Morgan fingerprint density at radius 3 is 2.67 bits per heavy atom. The minimum Gasteiger partial charge on any atom is -0.326 e. The molecule has 0 unspecified atom stereocenters. The molecule has 2 aromatic carbocycles. The zero-order chi connectivity index (χ0) is 21.5. The van der Waals surface area contributed by atoms with E-state index in [1.807, 2.05) is 61.5 Å². The Bertz CT molecular complexity index is 973. The molecule has 0 aromatic heterocycles. The van der Waals surface area contributed by atoms with Gasteiger partial charge in [-0.3, -0.25) is 14.5 Å². The molecule has 0 atom stereocenters. The van der Waals surface area contributed by atoms with Gasteiger partial charge >= 0.3 is 0 Å². The second kappa shape index (κ2) is 10.9. The third kappa shape index (κ3) is 6.52. The van der Waals surface area contributed by atoms with Gasteiger partial charge in [0.25, 0.3) is 5.91 Å². The number of nitrogens with one attached hydrogen (secondary N) is 1. The first-order chi connectivity index (χ1) is 14.4. The van der Waals surface area contributed by atoms with Crippen molar-refractivity contribution in [3.63, 3.8) is 0 Å². The number of unbranched alkanes of at least 4 members (excludes halogenated alkanes) is 2. The van der Waals surface area contributed by atoms with E-state index in [1.165, 1.54) is 11.8 Å². The van der Waals surface area contributed by atoms with Crippen molar-refractivity contribution >= 4 is 67.8 Å². The van der Waals surface area contributed by atoms with E-state index >= 15 is 0 Å². The lowest BCUT2D eigenvalue weighted by Crippen LogP contribution is -2.29. The number of carbonyl (C=O) groups excluding carboxylic acids is 2. The molecule has 4 nitrogen and oxygen atoms in total. The third-order valence-corrected chi connectivity index (χ3v) is 6.54. The maximum Gasteiger partial charge on any atom is 0.266 e. The van der Waals surface area contributed by atoms with Crippen LogP contribution >= 0.6 is 39.9 Å². The second-order valence-corrected chi connectivity index (χ2v) is 9.70. The summed E-state index contributed by atoms with van der Waals surface area (Å²) in [7, 11) is 0. The Kier molecular flexibility index (Phi) is 8.24. The van der Waals surface area contributed by atoms with Gasteiger partial charge < -0.3 is 5.32 Å². The number of halogens is 1. The van der Waals surface area contributed by atoms with Gasteiger partial charge in [-0.15, -0.1) is 0 Å². The predicted octanol–water partition coefficient (Wildman–Crippen LogP) is 6.16. The molecule has 7 heteroatoms. The number of carbonyl (C=O) groups is 2. The summed E-state index contributed by atoms with van der Waals surface area (Å²) in [6.07, 6.45) is 4.80. The summed E-state index contributed by atoms with van der Waals surface area (Å²) in [4.78, 5) is 27.1. The smallest absolute Gasteiger partial charge is 0.266 e. The molecular formula is C23H23BrN2O2S2. The zero-order valence-electron chi connectivity index (χ0n) is 16.7. The van der Waals surface area contributed by atoms with Crippen molar-refractivity contribution in [1.29, 1.82) is 0 Å². The number of anilines is 1. The SMILES string of the molecule is Cc1cccc(NC(=O)CCCCCN2C(=O)/C(=C/c3ccc(Br)cc3)SC2=S)c1. The molecule has 1 heterocycles. The Hall–Kier alpha value is -1.96. The molecule has 2 amide bonds. The Morgan fingerprint density at radius 1 is 1.17 bits per heavy atom. The topological polar surface area (TPSA) is 49.4 Å². The summed E-state index contributed by atoms with van der Waals surface area (Å²) in [5.41, 5.74) is 2.92. The molecule has 0 spiro atoms. The van der Waals surface area contributed by atoms with E-state index in [2.05, 4.69) is 21.2 Å². The van der Waals surface area contributed by atoms with Crippen LogP contribution in [0.4, 0.5) is 5.69 Å². The van der Waals surface area contributed by atoms with Gasteiger partial charge in [0.15, 0.2) is 0 Å². The Labute approximate surface area is 195 Å². The van der Waals surface area contributed by atoms with E-state index in [0.29, 0.717) is 22.2 Å². The number of hydrogen-bond donors (Lipinski definition) is 1. The third-order valence-electron chi connectivity index (χ3n) is 4.63. The molecule has 0 aliphatic carbocycles. The lowest BCUT2D eigenvalue weighted by molar-refractivity contribution is -0.122. The first-order valence-electron chi connectivity index (χ1n) is 9.80. The van der Waals surface area contributed by atoms with Gasteiger partial charge in [-0.05, 0) is 61.2 Å². The van der Waals surface area contributed by atoms with Gasteiger partial charge in [-0.1, -0.05) is 70.6 Å². The quantitative estimate of drug-likeness (QED) is 0.266. The largest absolute Gasteiger partial charge is 0.326 e. The minimum atomic E-state index is -0.0369. The molecule has 1 N–H and O–H groups in total. The molecule has 1 aliphatic rings. The number of nitrogens with zero attached hydrogens (tertiary/aromatic N) is 1. The van der Waals surface area contributed by atoms with Crippen LogP contribution in [0, 0.1) is 6.92 Å². The average Bonchev–Trinajstić information content (AvgIpc) is 2.96. The molecule has 0 bridgehead atoms. The van der Waals surface area contributed by atoms with E-state index in [4.69, 9.17) is 12.2 Å². The molecule has 0 saturated carbocycles. The van der Waals surface area contributed by atoms with Gasteiger partial charge in [0.2, 0.25) is 5.91 Å². The molecule has 2 aromatic rings. The van der Waals surface area contributed by atoms with Crippen LogP contribution in [0.15, 0.2) is 57.9 Å². The van der Waals surface area contributed by atoms with Crippen LogP contribution in [0.5, 0.6) is 0 Å². The van der Waals surface area contributed by atoms with Gasteiger partial charge in [-0.25, -0.2) is 0 Å². The zero-order valence-corrected chi connectivity index (χ0v) is 19.9. The minimum absolute atomic E-state index is 0.0173. The number of amides is 2. The number of benzene rings is 2. The number of thiocarbonyl (C=S) groups is 1. The molecule has 3 rings (SSSR count). The number of rotatable bonds is 8. The van der Waals surface area contributed by atoms with Crippen molar-refractivity contribution in [2.24, 2.45) is 0 Å². The van der Waals surface area contributed by atoms with Gasteiger partial charge in [0.05, 0.1) is 4.91 Å². The fraction of sp³-hybridized carbons (Fsp3) is 0.261. The number of thioether (sulfide) groups is 1. The summed E-state index contributed by atoms with van der Waals surface area (Å²) >= 11 is 10.1. The molecule has 1 aliphatic heterocycles. The van der Waals surface area contributed by atoms with Crippen LogP contribution in [-0.2, 0) is 9.59 Å². The summed E-state index contributed by atoms with van der Waals surface area (Å²) in [6, 6.07) is 15.6. The number of aryl methyl sites for hydroxylation is 1. The van der Waals surface area contributed by atoms with E-state index < -0.39 is 0 Å². The fourth-order valence-electron chi connectivity index (χ4n) is 3.08. The normalized spacial score (nSPS) is 15.1. The van der Waals surface area contributed by atoms with E-state index in [1.54, 1.807) is 4.90 Å². The molecule has 1 fully saturated rings. The van der Waals surface area contributed by atoms with Crippen LogP contribution in [0.2, 0.25) is 0 Å². The monoisotopic (exact) mass is 502 g/mol. The van der Waals surface area contributed by atoms with Gasteiger partial charge in [0, 0.05) is 23.1 Å².